The van der Waals surface area contributed by atoms with E-state index >= 15 is 0 Å². The topological polar surface area (TPSA) is 42.4 Å². The molecule has 0 aliphatic carbocycles. The summed E-state index contributed by atoms with van der Waals surface area (Å²) >= 11 is 1.32. The highest BCUT2D eigenvalue weighted by molar-refractivity contribution is 7.22. The summed E-state index contributed by atoms with van der Waals surface area (Å²) in [6.07, 6.45) is 1.84. The molecule has 2 heterocycles. The largest absolute Gasteiger partial charge is 0.376 e. The molecule has 4 nitrogen and oxygen atoms in total. The molecule has 1 atom stereocenters. The molecule has 1 aliphatic heterocycles. The monoisotopic (exact) mass is 432 g/mol. The second kappa shape index (κ2) is 8.57. The van der Waals surface area contributed by atoms with Gasteiger partial charge in [0.1, 0.15) is 11.3 Å². The summed E-state index contributed by atoms with van der Waals surface area (Å²) in [5, 5.41) is 0.493. The molecular formula is C25H21FN2O2S. The van der Waals surface area contributed by atoms with Crippen molar-refractivity contribution in [1.82, 2.24) is 4.98 Å². The molecule has 1 saturated heterocycles. The number of halogens is 1. The lowest BCUT2D eigenvalue weighted by molar-refractivity contribution is 0.0917. The number of ether oxygens (including phenoxy) is 1. The third-order valence-corrected chi connectivity index (χ3v) is 6.53. The summed E-state index contributed by atoms with van der Waals surface area (Å²) in [6, 6.07) is 22.5. The normalized spacial score (nSPS) is 16.0. The van der Waals surface area contributed by atoms with Crippen LogP contribution < -0.4 is 4.90 Å². The number of nitrogens with zero attached hydrogens (tertiary/aromatic N) is 2. The van der Waals surface area contributed by atoms with Gasteiger partial charge in [-0.25, -0.2) is 9.37 Å². The van der Waals surface area contributed by atoms with Crippen LogP contribution in [0.15, 0.2) is 72.8 Å². The summed E-state index contributed by atoms with van der Waals surface area (Å²) in [6.45, 7) is 1.10. The first-order valence-electron chi connectivity index (χ1n) is 10.3. The Balaban J connectivity index is 1.48. The standard InChI is InChI=1S/C25H21FN2O2S/c26-21-9-4-10-22-23(21)27-25(31-22)28(16-20-8-5-15-30-20)24(29)19-13-11-18(12-14-19)17-6-2-1-3-7-17/h1-4,6-7,9-14,20H,5,8,15-16H2. The quantitative estimate of drug-likeness (QED) is 0.393. The van der Waals surface area contributed by atoms with Crippen molar-refractivity contribution in [3.63, 3.8) is 0 Å². The van der Waals surface area contributed by atoms with Crippen LogP contribution in [-0.2, 0) is 4.74 Å². The number of aromatic nitrogens is 1. The summed E-state index contributed by atoms with van der Waals surface area (Å²) in [5.74, 6) is -0.536. The van der Waals surface area contributed by atoms with Gasteiger partial charge in [-0.05, 0) is 48.2 Å². The van der Waals surface area contributed by atoms with Gasteiger partial charge in [0.05, 0.1) is 17.3 Å². The minimum atomic E-state index is -0.378. The Labute approximate surface area is 183 Å². The van der Waals surface area contributed by atoms with E-state index in [1.54, 1.807) is 11.0 Å². The summed E-state index contributed by atoms with van der Waals surface area (Å²) in [7, 11) is 0. The molecule has 1 aromatic heterocycles. The van der Waals surface area contributed by atoms with E-state index in [1.165, 1.54) is 17.4 Å². The van der Waals surface area contributed by atoms with Gasteiger partial charge >= 0.3 is 0 Å². The van der Waals surface area contributed by atoms with Gasteiger partial charge in [-0.15, -0.1) is 0 Å². The number of fused-ring (bicyclic) bond motifs is 1. The molecule has 0 bridgehead atoms. The van der Waals surface area contributed by atoms with Gasteiger partial charge < -0.3 is 4.74 Å². The van der Waals surface area contributed by atoms with Gasteiger partial charge in [0.25, 0.3) is 5.91 Å². The average Bonchev–Trinajstić information content (AvgIpc) is 3.48. The van der Waals surface area contributed by atoms with Gasteiger partial charge in [-0.3, -0.25) is 9.69 Å². The van der Waals surface area contributed by atoms with E-state index in [4.69, 9.17) is 4.74 Å². The molecule has 4 aromatic rings. The van der Waals surface area contributed by atoms with E-state index < -0.39 is 0 Å². The Morgan fingerprint density at radius 2 is 1.81 bits per heavy atom. The van der Waals surface area contributed by atoms with E-state index in [0.717, 1.165) is 28.7 Å². The highest BCUT2D eigenvalue weighted by Crippen LogP contribution is 2.32. The minimum absolute atomic E-state index is 0.0376. The molecule has 0 N–H and O–H groups in total. The molecule has 0 spiro atoms. The Morgan fingerprint density at radius 1 is 1.03 bits per heavy atom. The van der Waals surface area contributed by atoms with Crippen LogP contribution >= 0.6 is 11.3 Å². The number of rotatable bonds is 5. The third kappa shape index (κ3) is 4.09. The SMILES string of the molecule is O=C(c1ccc(-c2ccccc2)cc1)N(CC1CCCO1)c1nc2c(F)cccc2s1. The van der Waals surface area contributed by atoms with Gasteiger partial charge in [0.2, 0.25) is 0 Å². The Kier molecular flexibility index (Phi) is 5.49. The molecule has 1 unspecified atom stereocenters. The van der Waals surface area contributed by atoms with Crippen molar-refractivity contribution in [3.8, 4) is 11.1 Å². The Bertz CT molecular complexity index is 1200. The molecule has 31 heavy (non-hydrogen) atoms. The predicted molar refractivity (Wildman–Crippen MR) is 122 cm³/mol. The van der Waals surface area contributed by atoms with Crippen LogP contribution in [-0.4, -0.2) is 30.1 Å². The highest BCUT2D eigenvalue weighted by atomic mass is 32.1. The maximum atomic E-state index is 14.2. The molecule has 156 valence electrons. The lowest BCUT2D eigenvalue weighted by Crippen LogP contribution is -2.37. The number of carbonyl (C=O) groups is 1. The highest BCUT2D eigenvalue weighted by Gasteiger charge is 2.27. The van der Waals surface area contributed by atoms with Crippen LogP contribution in [0.3, 0.4) is 0 Å². The average molecular weight is 433 g/mol. The van der Waals surface area contributed by atoms with Gasteiger partial charge in [0.15, 0.2) is 5.13 Å². The first-order chi connectivity index (χ1) is 15.2. The molecular weight excluding hydrogens is 411 g/mol. The fourth-order valence-electron chi connectivity index (χ4n) is 3.85. The van der Waals surface area contributed by atoms with Crippen LogP contribution in [0.4, 0.5) is 9.52 Å². The van der Waals surface area contributed by atoms with Gasteiger partial charge in [-0.2, -0.15) is 0 Å². The van der Waals surface area contributed by atoms with Gasteiger partial charge in [0, 0.05) is 12.2 Å². The van der Waals surface area contributed by atoms with E-state index in [-0.39, 0.29) is 17.8 Å². The van der Waals surface area contributed by atoms with Crippen LogP contribution in [0.25, 0.3) is 21.3 Å². The molecule has 0 radical (unpaired) electrons. The summed E-state index contributed by atoms with van der Waals surface area (Å²) in [4.78, 5) is 19.6. The maximum Gasteiger partial charge on any atom is 0.260 e. The number of anilines is 1. The minimum Gasteiger partial charge on any atom is -0.376 e. The maximum absolute atomic E-state index is 14.2. The second-order valence-electron chi connectivity index (χ2n) is 7.58. The van der Waals surface area contributed by atoms with E-state index in [0.29, 0.717) is 29.4 Å². The summed E-state index contributed by atoms with van der Waals surface area (Å²) < 4.78 is 20.7. The molecule has 1 fully saturated rings. The number of carbonyl (C=O) groups excluding carboxylic acids is 1. The van der Waals surface area contributed by atoms with Crippen LogP contribution in [0.2, 0.25) is 0 Å². The summed E-state index contributed by atoms with van der Waals surface area (Å²) in [5.41, 5.74) is 3.01. The Hall–Kier alpha value is -3.09. The zero-order valence-electron chi connectivity index (χ0n) is 16.8. The fraction of sp³-hybridized carbons (Fsp3) is 0.200. The molecule has 5 rings (SSSR count). The third-order valence-electron chi connectivity index (χ3n) is 5.48. The number of hydrogen-bond acceptors (Lipinski definition) is 4. The number of thiazole rings is 1. The van der Waals surface area contributed by atoms with E-state index in [2.05, 4.69) is 4.98 Å². The van der Waals surface area contributed by atoms with Gasteiger partial charge in [-0.1, -0.05) is 59.9 Å². The van der Waals surface area contributed by atoms with E-state index in [1.807, 2.05) is 60.7 Å². The number of hydrogen-bond donors (Lipinski definition) is 0. The Morgan fingerprint density at radius 3 is 2.52 bits per heavy atom. The van der Waals surface area contributed by atoms with Crippen molar-refractivity contribution >= 4 is 32.6 Å². The number of benzene rings is 3. The van der Waals surface area contributed by atoms with Crippen molar-refractivity contribution in [1.29, 1.82) is 0 Å². The molecule has 0 saturated carbocycles. The van der Waals surface area contributed by atoms with Crippen molar-refractivity contribution in [2.24, 2.45) is 0 Å². The first-order valence-corrected chi connectivity index (χ1v) is 11.1. The van der Waals surface area contributed by atoms with Crippen LogP contribution in [0.5, 0.6) is 0 Å². The van der Waals surface area contributed by atoms with E-state index in [9.17, 15) is 9.18 Å². The number of para-hydroxylation sites is 1. The van der Waals surface area contributed by atoms with Crippen molar-refractivity contribution in [3.05, 3.63) is 84.2 Å². The lowest BCUT2D eigenvalue weighted by Gasteiger charge is -2.23. The smallest absolute Gasteiger partial charge is 0.260 e. The van der Waals surface area contributed by atoms with Crippen LogP contribution in [0.1, 0.15) is 23.2 Å². The van der Waals surface area contributed by atoms with Crippen LogP contribution in [0, 0.1) is 5.82 Å². The second-order valence-corrected chi connectivity index (χ2v) is 8.59. The molecule has 1 aliphatic rings. The van der Waals surface area contributed by atoms with Crippen molar-refractivity contribution in [2.45, 2.75) is 18.9 Å². The van der Waals surface area contributed by atoms with Crippen molar-refractivity contribution < 1.29 is 13.9 Å². The zero-order valence-corrected chi connectivity index (χ0v) is 17.6. The molecule has 3 aromatic carbocycles. The zero-order chi connectivity index (χ0) is 21.2. The lowest BCUT2D eigenvalue weighted by atomic mass is 10.0. The molecule has 6 heteroatoms. The fourth-order valence-corrected chi connectivity index (χ4v) is 4.84. The van der Waals surface area contributed by atoms with Crippen molar-refractivity contribution in [2.75, 3.05) is 18.1 Å². The predicted octanol–water partition coefficient (Wildman–Crippen LogP) is 5.93. The first kappa shape index (κ1) is 19.8. The number of amides is 1. The molecule has 1 amide bonds.